The van der Waals surface area contributed by atoms with Crippen molar-refractivity contribution < 1.29 is 9.26 Å². The molecule has 1 N–H and O–H groups in total. The quantitative estimate of drug-likeness (QED) is 0.676. The Hall–Kier alpha value is -0.940. The molecule has 0 aliphatic carbocycles. The molecule has 16 heavy (non-hydrogen) atoms. The summed E-state index contributed by atoms with van der Waals surface area (Å²) >= 11 is 0. The summed E-state index contributed by atoms with van der Waals surface area (Å²) in [5.74, 6) is 1.45. The standard InChI is InChI=1S/C11H21N3O2/c1-4-15-8-7-10-13-11(16-14-10)6-5-9(2)12-3/h9,12H,4-8H2,1-3H3. The first-order chi connectivity index (χ1) is 7.76. The van der Waals surface area contributed by atoms with E-state index in [1.165, 1.54) is 0 Å². The second-order valence-electron chi connectivity index (χ2n) is 3.78. The average Bonchev–Trinajstić information content (AvgIpc) is 2.74. The zero-order chi connectivity index (χ0) is 11.8. The van der Waals surface area contributed by atoms with E-state index in [1.54, 1.807) is 0 Å². The van der Waals surface area contributed by atoms with Crippen molar-refractivity contribution in [1.29, 1.82) is 0 Å². The van der Waals surface area contributed by atoms with Gasteiger partial charge in [0.15, 0.2) is 5.82 Å². The monoisotopic (exact) mass is 227 g/mol. The third-order valence-electron chi connectivity index (χ3n) is 2.47. The molecule has 1 heterocycles. The minimum atomic E-state index is 0.471. The molecule has 0 radical (unpaired) electrons. The highest BCUT2D eigenvalue weighted by Gasteiger charge is 2.07. The van der Waals surface area contributed by atoms with Gasteiger partial charge in [-0.05, 0) is 27.3 Å². The van der Waals surface area contributed by atoms with Crippen LogP contribution in [0.2, 0.25) is 0 Å². The van der Waals surface area contributed by atoms with Gasteiger partial charge in [-0.25, -0.2) is 0 Å². The molecule has 5 nitrogen and oxygen atoms in total. The number of hydrogen-bond donors (Lipinski definition) is 1. The van der Waals surface area contributed by atoms with E-state index in [4.69, 9.17) is 9.26 Å². The van der Waals surface area contributed by atoms with Crippen molar-refractivity contribution in [2.75, 3.05) is 20.3 Å². The van der Waals surface area contributed by atoms with Gasteiger partial charge in [-0.3, -0.25) is 0 Å². The highest BCUT2D eigenvalue weighted by atomic mass is 16.5. The van der Waals surface area contributed by atoms with Crippen molar-refractivity contribution in [3.8, 4) is 0 Å². The molecule has 1 rings (SSSR count). The number of hydrogen-bond acceptors (Lipinski definition) is 5. The van der Waals surface area contributed by atoms with Crippen molar-refractivity contribution in [2.45, 2.75) is 39.2 Å². The Kier molecular flexibility index (Phi) is 6.03. The van der Waals surface area contributed by atoms with Crippen molar-refractivity contribution in [3.05, 3.63) is 11.7 Å². The van der Waals surface area contributed by atoms with Gasteiger partial charge in [-0.15, -0.1) is 0 Å². The van der Waals surface area contributed by atoms with Crippen LogP contribution in [-0.2, 0) is 17.6 Å². The zero-order valence-corrected chi connectivity index (χ0v) is 10.3. The molecule has 5 heteroatoms. The molecule has 1 atom stereocenters. The molecule has 0 fully saturated rings. The number of aromatic nitrogens is 2. The topological polar surface area (TPSA) is 60.2 Å². The number of rotatable bonds is 8. The summed E-state index contributed by atoms with van der Waals surface area (Å²) in [5.41, 5.74) is 0. The molecule has 1 aromatic heterocycles. The molecule has 1 unspecified atom stereocenters. The van der Waals surface area contributed by atoms with E-state index in [9.17, 15) is 0 Å². The third-order valence-corrected chi connectivity index (χ3v) is 2.47. The summed E-state index contributed by atoms with van der Waals surface area (Å²) in [4.78, 5) is 4.30. The van der Waals surface area contributed by atoms with E-state index >= 15 is 0 Å². The fourth-order valence-corrected chi connectivity index (χ4v) is 1.29. The molecule has 0 saturated carbocycles. The molecule has 0 aromatic carbocycles. The average molecular weight is 227 g/mol. The lowest BCUT2D eigenvalue weighted by Crippen LogP contribution is -2.21. The first kappa shape index (κ1) is 13.1. The van der Waals surface area contributed by atoms with Crippen LogP contribution < -0.4 is 5.32 Å². The van der Waals surface area contributed by atoms with Gasteiger partial charge in [0.1, 0.15) is 0 Å². The minimum Gasteiger partial charge on any atom is -0.381 e. The number of aryl methyl sites for hydroxylation is 1. The van der Waals surface area contributed by atoms with Crippen LogP contribution in [0.3, 0.4) is 0 Å². The van der Waals surface area contributed by atoms with Crippen LogP contribution in [0, 0.1) is 0 Å². The van der Waals surface area contributed by atoms with Crippen molar-refractivity contribution >= 4 is 0 Å². The van der Waals surface area contributed by atoms with E-state index in [0.29, 0.717) is 18.5 Å². The van der Waals surface area contributed by atoms with Gasteiger partial charge in [0.2, 0.25) is 5.89 Å². The lowest BCUT2D eigenvalue weighted by atomic mass is 10.2. The van der Waals surface area contributed by atoms with Crippen LogP contribution in [0.5, 0.6) is 0 Å². The van der Waals surface area contributed by atoms with Crippen LogP contribution in [0.15, 0.2) is 4.52 Å². The normalized spacial score (nSPS) is 12.9. The predicted octanol–water partition coefficient (Wildman–Crippen LogP) is 1.19. The first-order valence-electron chi connectivity index (χ1n) is 5.82. The van der Waals surface area contributed by atoms with Gasteiger partial charge in [0.25, 0.3) is 0 Å². The zero-order valence-electron chi connectivity index (χ0n) is 10.3. The lowest BCUT2D eigenvalue weighted by molar-refractivity contribution is 0.149. The molecular weight excluding hydrogens is 206 g/mol. The fourth-order valence-electron chi connectivity index (χ4n) is 1.29. The number of ether oxygens (including phenoxy) is 1. The SMILES string of the molecule is CCOCCc1noc(CCC(C)NC)n1. The molecule has 0 aliphatic heterocycles. The Labute approximate surface area is 96.6 Å². The Morgan fingerprint density at radius 2 is 2.25 bits per heavy atom. The Balaban J connectivity index is 2.28. The molecule has 92 valence electrons. The molecule has 1 aromatic rings. The summed E-state index contributed by atoms with van der Waals surface area (Å²) < 4.78 is 10.4. The summed E-state index contributed by atoms with van der Waals surface area (Å²) in [6, 6.07) is 0.471. The molecule has 0 aliphatic rings. The number of nitrogens with one attached hydrogen (secondary N) is 1. The summed E-state index contributed by atoms with van der Waals surface area (Å²) in [5, 5.41) is 7.08. The van der Waals surface area contributed by atoms with E-state index in [-0.39, 0.29) is 0 Å². The van der Waals surface area contributed by atoms with Gasteiger partial charge < -0.3 is 14.6 Å². The molecule has 0 bridgehead atoms. The van der Waals surface area contributed by atoms with Crippen molar-refractivity contribution in [2.24, 2.45) is 0 Å². The van der Waals surface area contributed by atoms with Gasteiger partial charge >= 0.3 is 0 Å². The highest BCUT2D eigenvalue weighted by Crippen LogP contribution is 2.03. The second kappa shape index (κ2) is 7.35. The van der Waals surface area contributed by atoms with E-state index in [2.05, 4.69) is 22.4 Å². The van der Waals surface area contributed by atoms with Gasteiger partial charge in [0, 0.05) is 25.5 Å². The Morgan fingerprint density at radius 1 is 1.44 bits per heavy atom. The smallest absolute Gasteiger partial charge is 0.226 e. The van der Waals surface area contributed by atoms with Crippen LogP contribution >= 0.6 is 0 Å². The second-order valence-corrected chi connectivity index (χ2v) is 3.78. The summed E-state index contributed by atoms with van der Waals surface area (Å²) in [6.45, 7) is 5.49. The molecule has 0 spiro atoms. The molecule has 0 amide bonds. The predicted molar refractivity (Wildman–Crippen MR) is 61.3 cm³/mol. The van der Waals surface area contributed by atoms with Crippen LogP contribution in [-0.4, -0.2) is 36.4 Å². The number of nitrogens with zero attached hydrogens (tertiary/aromatic N) is 2. The maximum atomic E-state index is 5.23. The fraction of sp³-hybridized carbons (Fsp3) is 0.818. The highest BCUT2D eigenvalue weighted by molar-refractivity contribution is 4.87. The van der Waals surface area contributed by atoms with E-state index in [0.717, 1.165) is 31.7 Å². The van der Waals surface area contributed by atoms with Crippen molar-refractivity contribution in [1.82, 2.24) is 15.5 Å². The molecular formula is C11H21N3O2. The largest absolute Gasteiger partial charge is 0.381 e. The van der Waals surface area contributed by atoms with Gasteiger partial charge in [-0.1, -0.05) is 5.16 Å². The Morgan fingerprint density at radius 3 is 2.94 bits per heavy atom. The van der Waals surface area contributed by atoms with Crippen molar-refractivity contribution in [3.63, 3.8) is 0 Å². The van der Waals surface area contributed by atoms with E-state index < -0.39 is 0 Å². The van der Waals surface area contributed by atoms with E-state index in [1.807, 2.05) is 14.0 Å². The Bertz CT molecular complexity index is 289. The van der Waals surface area contributed by atoms with Crippen LogP contribution in [0.25, 0.3) is 0 Å². The maximum absolute atomic E-state index is 5.23. The lowest BCUT2D eigenvalue weighted by Gasteiger charge is -2.06. The van der Waals surface area contributed by atoms with Gasteiger partial charge in [-0.2, -0.15) is 4.98 Å². The summed E-state index contributed by atoms with van der Waals surface area (Å²) in [6.07, 6.45) is 2.55. The third kappa shape index (κ3) is 4.72. The van der Waals surface area contributed by atoms with Crippen LogP contribution in [0.4, 0.5) is 0 Å². The first-order valence-corrected chi connectivity index (χ1v) is 5.82. The maximum Gasteiger partial charge on any atom is 0.226 e. The van der Waals surface area contributed by atoms with Crippen LogP contribution in [0.1, 0.15) is 32.0 Å². The minimum absolute atomic E-state index is 0.471. The molecule has 0 saturated heterocycles. The summed E-state index contributed by atoms with van der Waals surface area (Å²) in [7, 11) is 1.95. The van der Waals surface area contributed by atoms with Gasteiger partial charge in [0.05, 0.1) is 6.61 Å².